The van der Waals surface area contributed by atoms with Gasteiger partial charge in [-0.25, -0.2) is 0 Å². The van der Waals surface area contributed by atoms with E-state index in [1.807, 2.05) is 23.6 Å². The summed E-state index contributed by atoms with van der Waals surface area (Å²) in [6.45, 7) is 3.57. The minimum atomic E-state index is -0.190. The quantitative estimate of drug-likeness (QED) is 0.926. The predicted molar refractivity (Wildman–Crippen MR) is 83.5 cm³/mol. The first-order chi connectivity index (χ1) is 9.63. The van der Waals surface area contributed by atoms with Gasteiger partial charge in [0.1, 0.15) is 0 Å². The minimum Gasteiger partial charge on any atom is -0.339 e. The van der Waals surface area contributed by atoms with Crippen molar-refractivity contribution in [3.8, 4) is 0 Å². The summed E-state index contributed by atoms with van der Waals surface area (Å²) in [6, 6.07) is 3.22. The van der Waals surface area contributed by atoms with Crippen LogP contribution < -0.4 is 5.56 Å². The molecule has 110 valence electrons. The molecular weight excluding hydrogens is 272 g/mol. The number of H-pyrrole nitrogens is 1. The zero-order valence-corrected chi connectivity index (χ0v) is 13.0. The highest BCUT2D eigenvalue weighted by Crippen LogP contribution is 2.21. The monoisotopic (exact) mass is 294 g/mol. The van der Waals surface area contributed by atoms with Crippen LogP contribution in [0, 0.1) is 5.92 Å². The maximum absolute atomic E-state index is 12.5. The van der Waals surface area contributed by atoms with E-state index >= 15 is 0 Å². The van der Waals surface area contributed by atoms with Gasteiger partial charge in [0.25, 0.3) is 5.91 Å². The molecule has 20 heavy (non-hydrogen) atoms. The van der Waals surface area contributed by atoms with E-state index in [1.165, 1.54) is 11.8 Å². The number of thioether (sulfide) groups is 1. The first-order valence-corrected chi connectivity index (χ1v) is 8.55. The highest BCUT2D eigenvalue weighted by atomic mass is 32.2. The number of nitrogens with zero attached hydrogens (tertiary/aromatic N) is 1. The molecule has 1 aliphatic rings. The average Bonchev–Trinajstić information content (AvgIpc) is 2.47. The molecule has 4 nitrogen and oxygen atoms in total. The lowest BCUT2D eigenvalue weighted by atomic mass is 9.98. The molecule has 1 N–H and O–H groups in total. The van der Waals surface area contributed by atoms with E-state index in [2.05, 4.69) is 11.2 Å². The summed E-state index contributed by atoms with van der Waals surface area (Å²) in [5.74, 6) is 1.89. The number of carbonyl (C=O) groups excluding carboxylic acids is 1. The lowest BCUT2D eigenvalue weighted by Crippen LogP contribution is -2.39. The second-order valence-corrected chi connectivity index (χ2v) is 6.21. The molecule has 1 fully saturated rings. The van der Waals surface area contributed by atoms with E-state index in [0.717, 1.165) is 44.0 Å². The molecule has 2 heterocycles. The van der Waals surface area contributed by atoms with Crippen molar-refractivity contribution in [3.63, 3.8) is 0 Å². The number of aromatic amines is 1. The van der Waals surface area contributed by atoms with E-state index in [1.54, 1.807) is 6.07 Å². The van der Waals surface area contributed by atoms with Crippen LogP contribution in [0.25, 0.3) is 0 Å². The molecule has 0 radical (unpaired) electrons. The van der Waals surface area contributed by atoms with Crippen LogP contribution in [0.2, 0.25) is 0 Å². The summed E-state index contributed by atoms with van der Waals surface area (Å²) in [5.41, 5.74) is 1.15. The first kappa shape index (κ1) is 15.2. The fourth-order valence-corrected chi connectivity index (χ4v) is 3.44. The fraction of sp³-hybridized carbons (Fsp3) is 0.600. The molecule has 0 atom stereocenters. The maximum atomic E-state index is 12.5. The number of nitrogens with one attached hydrogen (secondary N) is 1. The summed E-state index contributed by atoms with van der Waals surface area (Å²) < 4.78 is 0. The maximum Gasteiger partial charge on any atom is 0.254 e. The van der Waals surface area contributed by atoms with Crippen molar-refractivity contribution in [2.45, 2.75) is 26.2 Å². The fourth-order valence-electron chi connectivity index (χ4n) is 2.64. The van der Waals surface area contributed by atoms with Gasteiger partial charge in [0.15, 0.2) is 0 Å². The summed E-state index contributed by atoms with van der Waals surface area (Å²) in [7, 11) is 0. The Morgan fingerprint density at radius 3 is 2.70 bits per heavy atom. The smallest absolute Gasteiger partial charge is 0.254 e. The van der Waals surface area contributed by atoms with Gasteiger partial charge < -0.3 is 9.88 Å². The lowest BCUT2D eigenvalue weighted by molar-refractivity contribution is 0.0698. The molecule has 1 aromatic heterocycles. The molecule has 0 saturated carbocycles. The Morgan fingerprint density at radius 2 is 2.10 bits per heavy atom. The number of aryl methyl sites for hydroxylation is 1. The predicted octanol–water partition coefficient (Wildman–Crippen LogP) is 2.15. The van der Waals surface area contributed by atoms with E-state index in [4.69, 9.17) is 0 Å². The Bertz CT molecular complexity index is 519. The minimum absolute atomic E-state index is 0.00611. The third-order valence-corrected chi connectivity index (χ3v) is 4.64. The van der Waals surface area contributed by atoms with Gasteiger partial charge in [0.05, 0.1) is 0 Å². The number of hydrogen-bond acceptors (Lipinski definition) is 3. The normalized spacial score (nSPS) is 16.4. The zero-order valence-electron chi connectivity index (χ0n) is 12.1. The number of carbonyl (C=O) groups is 1. The van der Waals surface area contributed by atoms with Gasteiger partial charge in [0.2, 0.25) is 5.56 Å². The second kappa shape index (κ2) is 6.97. The topological polar surface area (TPSA) is 53.2 Å². The average molecular weight is 294 g/mol. The van der Waals surface area contributed by atoms with Crippen LogP contribution >= 0.6 is 11.8 Å². The summed E-state index contributed by atoms with van der Waals surface area (Å²) in [6.07, 6.45) is 4.99. The molecule has 1 amide bonds. The zero-order chi connectivity index (χ0) is 14.5. The molecule has 0 bridgehead atoms. The van der Waals surface area contributed by atoms with E-state index in [0.29, 0.717) is 5.56 Å². The van der Waals surface area contributed by atoms with Gasteiger partial charge in [-0.2, -0.15) is 11.8 Å². The number of pyridine rings is 1. The number of likely N-dealkylation sites (tertiary alicyclic amines) is 1. The molecule has 0 unspecified atom stereocenters. The molecule has 0 aromatic carbocycles. The molecule has 0 aliphatic carbocycles. The van der Waals surface area contributed by atoms with Crippen LogP contribution in [0.4, 0.5) is 0 Å². The molecule has 0 spiro atoms. The van der Waals surface area contributed by atoms with Crippen LogP contribution in [0.15, 0.2) is 16.9 Å². The molecule has 1 saturated heterocycles. The van der Waals surface area contributed by atoms with Gasteiger partial charge in [0, 0.05) is 30.4 Å². The third kappa shape index (κ3) is 3.66. The summed E-state index contributed by atoms with van der Waals surface area (Å²) >= 11 is 1.87. The number of rotatable bonds is 4. The van der Waals surface area contributed by atoms with Crippen molar-refractivity contribution in [1.29, 1.82) is 0 Å². The standard InChI is InChI=1S/C15H22N2O2S/c1-3-13-8-12(9-14(18)16-13)15(19)17-6-4-11(5-7-17)10-20-2/h8-9,11H,3-7,10H2,1-2H3,(H,16,18). The number of amides is 1. The van der Waals surface area contributed by atoms with Gasteiger partial charge in [-0.15, -0.1) is 0 Å². The molecule has 2 rings (SSSR count). The first-order valence-electron chi connectivity index (χ1n) is 7.15. The van der Waals surface area contributed by atoms with Crippen LogP contribution in [0.1, 0.15) is 35.8 Å². The SMILES string of the molecule is CCc1cc(C(=O)N2CCC(CSC)CC2)cc(=O)[nH]1. The molecule has 5 heteroatoms. The van der Waals surface area contributed by atoms with Crippen molar-refractivity contribution >= 4 is 17.7 Å². The lowest BCUT2D eigenvalue weighted by Gasteiger charge is -2.31. The third-order valence-electron chi connectivity index (χ3n) is 3.83. The Balaban J connectivity index is 2.05. The Labute approximate surface area is 124 Å². The van der Waals surface area contributed by atoms with E-state index < -0.39 is 0 Å². The largest absolute Gasteiger partial charge is 0.339 e. The Kier molecular flexibility index (Phi) is 5.29. The van der Waals surface area contributed by atoms with Crippen LogP contribution in [0.5, 0.6) is 0 Å². The number of piperidine rings is 1. The molecule has 1 aromatic rings. The van der Waals surface area contributed by atoms with Crippen LogP contribution in [-0.2, 0) is 6.42 Å². The van der Waals surface area contributed by atoms with E-state index in [-0.39, 0.29) is 11.5 Å². The van der Waals surface area contributed by atoms with Crippen molar-refractivity contribution in [3.05, 3.63) is 33.7 Å². The highest BCUT2D eigenvalue weighted by Gasteiger charge is 2.23. The van der Waals surface area contributed by atoms with Crippen LogP contribution in [-0.4, -0.2) is 40.9 Å². The second-order valence-electron chi connectivity index (χ2n) is 5.30. The van der Waals surface area contributed by atoms with Crippen molar-refractivity contribution in [2.24, 2.45) is 5.92 Å². The van der Waals surface area contributed by atoms with Gasteiger partial charge >= 0.3 is 0 Å². The van der Waals surface area contributed by atoms with Gasteiger partial charge in [-0.05, 0) is 43.3 Å². The van der Waals surface area contributed by atoms with E-state index in [9.17, 15) is 9.59 Å². The highest BCUT2D eigenvalue weighted by molar-refractivity contribution is 7.98. The van der Waals surface area contributed by atoms with Crippen molar-refractivity contribution in [1.82, 2.24) is 9.88 Å². The molecule has 1 aliphatic heterocycles. The number of hydrogen-bond donors (Lipinski definition) is 1. The summed E-state index contributed by atoms with van der Waals surface area (Å²) in [5, 5.41) is 0. The van der Waals surface area contributed by atoms with Crippen LogP contribution in [0.3, 0.4) is 0 Å². The Hall–Kier alpha value is -1.23. The van der Waals surface area contributed by atoms with Crippen molar-refractivity contribution in [2.75, 3.05) is 25.1 Å². The van der Waals surface area contributed by atoms with Gasteiger partial charge in [-0.3, -0.25) is 9.59 Å². The summed E-state index contributed by atoms with van der Waals surface area (Å²) in [4.78, 5) is 28.6. The molecular formula is C15H22N2O2S. The Morgan fingerprint density at radius 1 is 1.40 bits per heavy atom. The van der Waals surface area contributed by atoms with Crippen molar-refractivity contribution < 1.29 is 4.79 Å². The van der Waals surface area contributed by atoms with Gasteiger partial charge in [-0.1, -0.05) is 6.92 Å². The number of aromatic nitrogens is 1.